The molecule has 7 nitrogen and oxygen atoms in total. The van der Waals surface area contributed by atoms with E-state index in [2.05, 4.69) is 15.9 Å². The van der Waals surface area contributed by atoms with E-state index in [9.17, 15) is 9.59 Å². The first-order valence-corrected chi connectivity index (χ1v) is 12.8. The molecule has 0 atom stereocenters. The summed E-state index contributed by atoms with van der Waals surface area (Å²) in [5.74, 6) is -0.210. The van der Waals surface area contributed by atoms with Gasteiger partial charge >= 0.3 is 0 Å². The average Bonchev–Trinajstić information content (AvgIpc) is 3.29. The molecule has 1 aromatic heterocycles. The van der Waals surface area contributed by atoms with Gasteiger partial charge in [0.2, 0.25) is 0 Å². The minimum absolute atomic E-state index is 0.210. The second-order valence-electron chi connectivity index (χ2n) is 8.55. The number of fused-ring (bicyclic) bond motifs is 3. The summed E-state index contributed by atoms with van der Waals surface area (Å²) in [7, 11) is 1.53. The molecule has 2 N–H and O–H groups in total. The molecular weight excluding hydrogens is 472 g/mol. The molecule has 0 aliphatic heterocycles. The second kappa shape index (κ2) is 10.0. The largest absolute Gasteiger partial charge is 0.322 e. The number of carbonyl (C=O) groups excluding carboxylic acids is 2. The Bertz CT molecular complexity index is 1460. The fourth-order valence-corrected chi connectivity index (χ4v) is 5.06. The number of thioether (sulfide) groups is 1. The van der Waals surface area contributed by atoms with Gasteiger partial charge in [0.25, 0.3) is 5.91 Å². The van der Waals surface area contributed by atoms with E-state index < -0.39 is 0 Å². The van der Waals surface area contributed by atoms with Gasteiger partial charge in [0.05, 0.1) is 24.2 Å². The second-order valence-corrected chi connectivity index (χ2v) is 9.43. The summed E-state index contributed by atoms with van der Waals surface area (Å²) in [4.78, 5) is 31.2. The zero-order valence-electron chi connectivity index (χ0n) is 20.3. The Morgan fingerprint density at radius 3 is 2.64 bits per heavy atom. The highest BCUT2D eigenvalue weighted by Gasteiger charge is 2.26. The van der Waals surface area contributed by atoms with Gasteiger partial charge in [-0.1, -0.05) is 12.1 Å². The monoisotopic (exact) mass is 498 g/mol. The minimum Gasteiger partial charge on any atom is -0.322 e. The first-order chi connectivity index (χ1) is 17.5. The van der Waals surface area contributed by atoms with Crippen molar-refractivity contribution in [3.63, 3.8) is 0 Å². The average molecular weight is 499 g/mol. The van der Waals surface area contributed by atoms with Crippen LogP contribution in [0.3, 0.4) is 0 Å². The summed E-state index contributed by atoms with van der Waals surface area (Å²) in [6.07, 6.45) is 4.40. The molecule has 0 saturated heterocycles. The summed E-state index contributed by atoms with van der Waals surface area (Å²) >= 11 is 1.67. The maximum Gasteiger partial charge on any atom is 0.256 e. The Morgan fingerprint density at radius 2 is 1.92 bits per heavy atom. The van der Waals surface area contributed by atoms with Crippen LogP contribution in [0.4, 0.5) is 11.4 Å². The third kappa shape index (κ3) is 4.29. The number of nitrogens with one attached hydrogen (secondary N) is 2. The molecule has 36 heavy (non-hydrogen) atoms. The minimum atomic E-state index is -0.210. The van der Waals surface area contributed by atoms with Crippen LogP contribution in [0.15, 0.2) is 65.6 Å². The molecule has 1 heterocycles. The highest BCUT2D eigenvalue weighted by Crippen LogP contribution is 2.38. The smallest absolute Gasteiger partial charge is 0.256 e. The van der Waals surface area contributed by atoms with E-state index in [0.29, 0.717) is 16.9 Å². The Morgan fingerprint density at radius 1 is 1.11 bits per heavy atom. The highest BCUT2D eigenvalue weighted by molar-refractivity contribution is 7.98. The summed E-state index contributed by atoms with van der Waals surface area (Å²) in [6.45, 7) is 1.87. The Labute approximate surface area is 213 Å². The van der Waals surface area contributed by atoms with Crippen molar-refractivity contribution >= 4 is 35.3 Å². The molecule has 5 rings (SSSR count). The number of rotatable bonds is 7. The van der Waals surface area contributed by atoms with Crippen LogP contribution < -0.4 is 10.8 Å². The molecular formula is C28H26N4O3S. The molecule has 8 heteroatoms. The molecule has 1 aliphatic rings. The fourth-order valence-electron chi connectivity index (χ4n) is 4.65. The van der Waals surface area contributed by atoms with Crippen LogP contribution in [0, 0.1) is 6.92 Å². The van der Waals surface area contributed by atoms with Crippen molar-refractivity contribution in [2.45, 2.75) is 24.7 Å². The predicted octanol–water partition coefficient (Wildman–Crippen LogP) is 5.71. The van der Waals surface area contributed by atoms with Gasteiger partial charge in [0, 0.05) is 27.3 Å². The van der Waals surface area contributed by atoms with Crippen molar-refractivity contribution in [2.24, 2.45) is 0 Å². The molecule has 1 aliphatic carbocycles. The molecule has 0 fully saturated rings. The van der Waals surface area contributed by atoms with Gasteiger partial charge in [-0.2, -0.15) is 5.10 Å². The molecule has 0 radical (unpaired) electrons. The lowest BCUT2D eigenvalue weighted by Gasteiger charge is -2.20. The van der Waals surface area contributed by atoms with E-state index in [1.54, 1.807) is 17.8 Å². The standard InChI is InChI=1S/C28H26N4O3S/c1-17-22(5-4-6-25(17)31-35-2)28(34)29-19-9-7-18-8-14-23-26(16-33)30-32(27(23)24(18)15-19)20-10-12-21(36-3)13-11-20/h4-7,9-13,15-16,31H,8,14H2,1-3H3,(H,29,34). The zero-order valence-corrected chi connectivity index (χ0v) is 21.1. The quantitative estimate of drug-likeness (QED) is 0.193. The van der Waals surface area contributed by atoms with E-state index in [4.69, 9.17) is 4.84 Å². The number of aromatic nitrogens is 2. The van der Waals surface area contributed by atoms with Crippen molar-refractivity contribution in [3.8, 4) is 16.9 Å². The van der Waals surface area contributed by atoms with Gasteiger partial charge in [-0.25, -0.2) is 4.68 Å². The van der Waals surface area contributed by atoms with Crippen molar-refractivity contribution < 1.29 is 14.4 Å². The maximum absolute atomic E-state index is 13.2. The number of aryl methyl sites for hydroxylation is 1. The molecule has 1 amide bonds. The van der Waals surface area contributed by atoms with Crippen LogP contribution in [0.25, 0.3) is 16.9 Å². The molecule has 182 valence electrons. The van der Waals surface area contributed by atoms with E-state index in [1.165, 1.54) is 7.11 Å². The van der Waals surface area contributed by atoms with Crippen LogP contribution in [-0.4, -0.2) is 35.3 Å². The summed E-state index contributed by atoms with van der Waals surface area (Å²) < 4.78 is 1.84. The highest BCUT2D eigenvalue weighted by atomic mass is 32.2. The first-order valence-electron chi connectivity index (χ1n) is 11.6. The van der Waals surface area contributed by atoms with E-state index in [0.717, 1.165) is 63.3 Å². The van der Waals surface area contributed by atoms with Crippen molar-refractivity contribution in [1.29, 1.82) is 0 Å². The number of hydrogen-bond donors (Lipinski definition) is 2. The molecule has 4 aromatic rings. The van der Waals surface area contributed by atoms with Crippen molar-refractivity contribution in [3.05, 3.63) is 88.6 Å². The van der Waals surface area contributed by atoms with E-state index in [-0.39, 0.29) is 5.91 Å². The van der Waals surface area contributed by atoms with E-state index >= 15 is 0 Å². The van der Waals surface area contributed by atoms with Gasteiger partial charge < -0.3 is 5.32 Å². The SMILES string of the molecule is CONc1cccc(C(=O)Nc2ccc3c(c2)-c2c(c(C=O)nn2-c2ccc(SC)cc2)CC3)c1C. The van der Waals surface area contributed by atoms with Gasteiger partial charge in [0.15, 0.2) is 6.29 Å². The topological polar surface area (TPSA) is 85.2 Å². The van der Waals surface area contributed by atoms with Crippen LogP contribution in [-0.2, 0) is 17.7 Å². The number of amides is 1. The van der Waals surface area contributed by atoms with Gasteiger partial charge in [0.1, 0.15) is 5.69 Å². The number of anilines is 2. The Balaban J connectivity index is 1.54. The number of nitrogens with zero attached hydrogens (tertiary/aromatic N) is 2. The zero-order chi connectivity index (χ0) is 25.2. The van der Waals surface area contributed by atoms with Crippen molar-refractivity contribution in [2.75, 3.05) is 24.2 Å². The molecule has 0 bridgehead atoms. The summed E-state index contributed by atoms with van der Waals surface area (Å²) in [5, 5.41) is 7.68. The predicted molar refractivity (Wildman–Crippen MR) is 143 cm³/mol. The fraction of sp³-hybridized carbons (Fsp3) is 0.179. The molecule has 0 unspecified atom stereocenters. The van der Waals surface area contributed by atoms with Gasteiger partial charge in [-0.3, -0.25) is 19.9 Å². The number of carbonyl (C=O) groups is 2. The summed E-state index contributed by atoms with van der Waals surface area (Å²) in [6, 6.07) is 19.5. The van der Waals surface area contributed by atoms with Crippen molar-refractivity contribution in [1.82, 2.24) is 9.78 Å². The first kappa shape index (κ1) is 23.8. The Kier molecular flexibility index (Phi) is 6.63. The van der Waals surface area contributed by atoms with Gasteiger partial charge in [-0.15, -0.1) is 11.8 Å². The van der Waals surface area contributed by atoms with Crippen LogP contribution in [0.2, 0.25) is 0 Å². The lowest BCUT2D eigenvalue weighted by molar-refractivity contribution is 0.102. The van der Waals surface area contributed by atoms with E-state index in [1.807, 2.05) is 72.5 Å². The summed E-state index contributed by atoms with van der Waals surface area (Å²) in [5.41, 5.74) is 10.9. The van der Waals surface area contributed by atoms with Gasteiger partial charge in [-0.05, 0) is 85.7 Å². The maximum atomic E-state index is 13.2. The Hall–Kier alpha value is -3.88. The third-order valence-electron chi connectivity index (χ3n) is 6.50. The number of hydrogen-bond acceptors (Lipinski definition) is 6. The molecule has 0 spiro atoms. The lowest BCUT2D eigenvalue weighted by Crippen LogP contribution is -2.15. The third-order valence-corrected chi connectivity index (χ3v) is 7.24. The number of aldehydes is 1. The molecule has 3 aromatic carbocycles. The normalized spacial score (nSPS) is 12.0. The van der Waals surface area contributed by atoms with Crippen LogP contribution in [0.1, 0.15) is 37.5 Å². The number of benzene rings is 3. The molecule has 0 saturated carbocycles. The lowest BCUT2D eigenvalue weighted by atomic mass is 9.88. The van der Waals surface area contributed by atoms with Crippen LogP contribution >= 0.6 is 11.8 Å². The van der Waals surface area contributed by atoms with Crippen LogP contribution in [0.5, 0.6) is 0 Å².